The third-order valence-corrected chi connectivity index (χ3v) is 10.9. The minimum absolute atomic E-state index is 0.0894. The molecule has 0 radical (unpaired) electrons. The Balaban J connectivity index is 1.18. The highest BCUT2D eigenvalue weighted by molar-refractivity contribution is 5.93. The number of aromatic nitrogens is 2. The number of allylic oxidation sites excluding steroid dienone is 2. The van der Waals surface area contributed by atoms with Gasteiger partial charge < -0.3 is 5.32 Å². The van der Waals surface area contributed by atoms with E-state index in [0.29, 0.717) is 40.9 Å². The Morgan fingerprint density at radius 1 is 1.17 bits per heavy atom. The molecule has 192 valence electrons. The minimum atomic E-state index is -0.455. The van der Waals surface area contributed by atoms with Gasteiger partial charge in [-0.1, -0.05) is 32.4 Å². The quantitative estimate of drug-likeness (QED) is 0.295. The number of hydrogen-bond acceptors (Lipinski definition) is 7. The van der Waals surface area contributed by atoms with E-state index in [1.54, 1.807) is 6.07 Å². The molecule has 0 saturated heterocycles. The molecule has 0 aliphatic heterocycles. The molecule has 1 aromatic heterocycles. The number of nitro groups is 1. The Morgan fingerprint density at radius 2 is 1.97 bits per heavy atom. The standard InChI is InChI=1S/C28H36N4O4/c1-16(15-29-23-8-9-24(32(34)35)26-25(23)30-36-31-26)20-6-7-21-19-5-4-17-14-18(33)10-12-27(17,2)22(19)11-13-28(20,21)3/h4,8-9,16,19-22,29H,5-7,10-15H2,1-3H3/t16-,19-,20+,21-,22-,27-,28+/m0/s1. The number of Topliss-reactive ketones (excluding diaryl/α,β-unsaturated/α-hetero) is 1. The van der Waals surface area contributed by atoms with Gasteiger partial charge in [-0.25, -0.2) is 4.63 Å². The van der Waals surface area contributed by atoms with Gasteiger partial charge in [0.15, 0.2) is 5.52 Å². The number of ketones is 1. The molecule has 0 bridgehead atoms. The highest BCUT2D eigenvalue weighted by Gasteiger charge is 2.59. The van der Waals surface area contributed by atoms with Gasteiger partial charge in [0, 0.05) is 25.5 Å². The molecule has 8 nitrogen and oxygen atoms in total. The monoisotopic (exact) mass is 492 g/mol. The number of anilines is 1. The van der Waals surface area contributed by atoms with Crippen LogP contribution in [0.3, 0.4) is 0 Å². The summed E-state index contributed by atoms with van der Waals surface area (Å²) in [5, 5.41) is 22.5. The van der Waals surface area contributed by atoms with Crippen LogP contribution in [0.25, 0.3) is 11.0 Å². The lowest BCUT2D eigenvalue weighted by atomic mass is 9.47. The summed E-state index contributed by atoms with van der Waals surface area (Å²) in [6.45, 7) is 8.12. The Hall–Kier alpha value is -2.77. The van der Waals surface area contributed by atoms with E-state index < -0.39 is 4.92 Å². The number of nitrogens with one attached hydrogen (secondary N) is 1. The van der Waals surface area contributed by atoms with Crippen LogP contribution < -0.4 is 5.32 Å². The molecule has 1 heterocycles. The van der Waals surface area contributed by atoms with E-state index in [1.165, 1.54) is 37.3 Å². The molecular weight excluding hydrogens is 456 g/mol. The van der Waals surface area contributed by atoms with Crippen LogP contribution in [0, 0.1) is 50.5 Å². The average molecular weight is 493 g/mol. The van der Waals surface area contributed by atoms with E-state index in [1.807, 2.05) is 0 Å². The van der Waals surface area contributed by atoms with Gasteiger partial charge in [-0.15, -0.1) is 0 Å². The summed E-state index contributed by atoms with van der Waals surface area (Å²) in [6, 6.07) is 3.18. The zero-order valence-corrected chi connectivity index (χ0v) is 21.5. The second-order valence-corrected chi connectivity index (χ2v) is 12.4. The number of nitrogens with zero attached hydrogens (tertiary/aromatic N) is 3. The van der Waals surface area contributed by atoms with Crippen molar-refractivity contribution in [2.24, 2.45) is 40.4 Å². The maximum absolute atomic E-state index is 12.1. The number of fused-ring (bicyclic) bond motifs is 6. The van der Waals surface area contributed by atoms with Crippen LogP contribution in [0.4, 0.5) is 11.4 Å². The van der Waals surface area contributed by atoms with Crippen molar-refractivity contribution in [2.45, 2.75) is 72.1 Å². The first-order chi connectivity index (χ1) is 17.2. The molecule has 0 spiro atoms. The summed E-state index contributed by atoms with van der Waals surface area (Å²) >= 11 is 0. The van der Waals surface area contributed by atoms with Gasteiger partial charge in [0.2, 0.25) is 5.52 Å². The SMILES string of the molecule is C[C@@H](CNc1ccc([N+](=O)[O-])c2nonc12)[C@H]1CC[C@H]2[C@@H]3CC=C4CC(=O)CC[C@]4(C)[C@H]3CC[C@]12C. The van der Waals surface area contributed by atoms with Crippen LogP contribution >= 0.6 is 0 Å². The summed E-state index contributed by atoms with van der Waals surface area (Å²) < 4.78 is 4.82. The first-order valence-electron chi connectivity index (χ1n) is 13.6. The van der Waals surface area contributed by atoms with Crippen molar-refractivity contribution in [3.8, 4) is 0 Å². The van der Waals surface area contributed by atoms with Gasteiger partial charge in [-0.3, -0.25) is 14.9 Å². The summed E-state index contributed by atoms with van der Waals surface area (Å²) in [6.07, 6.45) is 11.1. The lowest BCUT2D eigenvalue weighted by Gasteiger charge is -2.58. The number of carbonyl (C=O) groups is 1. The van der Waals surface area contributed by atoms with Gasteiger partial charge in [-0.05, 0) is 95.3 Å². The van der Waals surface area contributed by atoms with E-state index in [9.17, 15) is 14.9 Å². The van der Waals surface area contributed by atoms with Crippen LogP contribution in [0.5, 0.6) is 0 Å². The number of carbonyl (C=O) groups excluding carboxylic acids is 1. The van der Waals surface area contributed by atoms with Crippen LogP contribution in [0.15, 0.2) is 28.4 Å². The molecular formula is C28H36N4O4. The van der Waals surface area contributed by atoms with Crippen molar-refractivity contribution in [3.05, 3.63) is 33.9 Å². The molecule has 1 N–H and O–H groups in total. The minimum Gasteiger partial charge on any atom is -0.383 e. The number of rotatable bonds is 5. The third kappa shape index (κ3) is 3.43. The summed E-state index contributed by atoms with van der Waals surface area (Å²) in [7, 11) is 0. The number of nitro benzene ring substituents is 1. The summed E-state index contributed by atoms with van der Waals surface area (Å²) in [4.78, 5) is 23.0. The fraction of sp³-hybridized carbons (Fsp3) is 0.679. The fourth-order valence-corrected chi connectivity index (χ4v) is 9.01. The Morgan fingerprint density at radius 3 is 2.78 bits per heavy atom. The number of benzene rings is 1. The molecule has 6 rings (SSSR count). The Bertz CT molecular complexity index is 1250. The van der Waals surface area contributed by atoms with Crippen LogP contribution in [0.2, 0.25) is 0 Å². The van der Waals surface area contributed by atoms with Gasteiger partial charge in [0.25, 0.3) is 0 Å². The predicted molar refractivity (Wildman–Crippen MR) is 136 cm³/mol. The maximum atomic E-state index is 12.1. The van der Waals surface area contributed by atoms with E-state index in [0.717, 1.165) is 43.3 Å². The molecule has 0 amide bonds. The topological polar surface area (TPSA) is 111 Å². The van der Waals surface area contributed by atoms with Crippen LogP contribution in [-0.2, 0) is 4.79 Å². The first kappa shape index (κ1) is 23.6. The van der Waals surface area contributed by atoms with Crippen LogP contribution in [0.1, 0.15) is 72.1 Å². The highest BCUT2D eigenvalue weighted by Crippen LogP contribution is 2.67. The van der Waals surface area contributed by atoms with E-state index in [-0.39, 0.29) is 16.6 Å². The van der Waals surface area contributed by atoms with Gasteiger partial charge in [-0.2, -0.15) is 0 Å². The summed E-state index contributed by atoms with van der Waals surface area (Å²) in [5.41, 5.74) is 3.23. The van der Waals surface area contributed by atoms with E-state index >= 15 is 0 Å². The molecule has 3 saturated carbocycles. The van der Waals surface area contributed by atoms with Crippen molar-refractivity contribution in [3.63, 3.8) is 0 Å². The van der Waals surface area contributed by atoms with Crippen molar-refractivity contribution in [1.82, 2.24) is 10.3 Å². The number of non-ortho nitro benzene ring substituents is 1. The summed E-state index contributed by atoms with van der Waals surface area (Å²) in [5.74, 6) is 3.69. The molecule has 2 aromatic rings. The van der Waals surface area contributed by atoms with Gasteiger partial charge >= 0.3 is 5.69 Å². The predicted octanol–water partition coefficient (Wildman–Crippen LogP) is 6.33. The van der Waals surface area contributed by atoms with Crippen molar-refractivity contribution in [1.29, 1.82) is 0 Å². The molecule has 1 aromatic carbocycles. The molecule has 3 fully saturated rings. The second kappa shape index (κ2) is 8.38. The van der Waals surface area contributed by atoms with Crippen molar-refractivity contribution < 1.29 is 14.3 Å². The van der Waals surface area contributed by atoms with E-state index in [4.69, 9.17) is 4.63 Å². The lowest BCUT2D eigenvalue weighted by molar-refractivity contribution is -0.383. The highest BCUT2D eigenvalue weighted by atomic mass is 16.6. The second-order valence-electron chi connectivity index (χ2n) is 12.4. The van der Waals surface area contributed by atoms with Crippen LogP contribution in [-0.4, -0.2) is 27.6 Å². The molecule has 4 aliphatic rings. The van der Waals surface area contributed by atoms with Gasteiger partial charge in [0.1, 0.15) is 5.78 Å². The number of hydrogen-bond donors (Lipinski definition) is 1. The first-order valence-corrected chi connectivity index (χ1v) is 13.6. The van der Waals surface area contributed by atoms with E-state index in [2.05, 4.69) is 42.5 Å². The smallest absolute Gasteiger partial charge is 0.300 e. The zero-order valence-electron chi connectivity index (χ0n) is 21.5. The molecule has 7 atom stereocenters. The molecule has 0 unspecified atom stereocenters. The normalized spacial score (nSPS) is 36.5. The van der Waals surface area contributed by atoms with Crippen molar-refractivity contribution in [2.75, 3.05) is 11.9 Å². The largest absolute Gasteiger partial charge is 0.383 e. The lowest BCUT2D eigenvalue weighted by Crippen LogP contribution is -2.50. The molecule has 8 heteroatoms. The molecule has 36 heavy (non-hydrogen) atoms. The maximum Gasteiger partial charge on any atom is 0.300 e. The fourth-order valence-electron chi connectivity index (χ4n) is 9.01. The average Bonchev–Trinajstić information content (AvgIpc) is 3.47. The van der Waals surface area contributed by atoms with Gasteiger partial charge in [0.05, 0.1) is 10.6 Å². The Labute approximate surface area is 211 Å². The molecule has 4 aliphatic carbocycles. The third-order valence-electron chi connectivity index (χ3n) is 10.9. The van der Waals surface area contributed by atoms with Crippen molar-refractivity contribution >= 4 is 28.2 Å². The Kier molecular flexibility index (Phi) is 5.50. The zero-order chi connectivity index (χ0) is 25.2.